The lowest BCUT2D eigenvalue weighted by Gasteiger charge is -2.02. The highest BCUT2D eigenvalue weighted by Gasteiger charge is 2.13. The van der Waals surface area contributed by atoms with Gasteiger partial charge in [0.25, 0.3) is 0 Å². The Hall–Kier alpha value is -2.20. The van der Waals surface area contributed by atoms with Gasteiger partial charge in [0.1, 0.15) is 5.69 Å². The topological polar surface area (TPSA) is 64.9 Å². The first-order valence-electron chi connectivity index (χ1n) is 6.36. The Balaban J connectivity index is 2.12. The van der Waals surface area contributed by atoms with Gasteiger partial charge in [-0.05, 0) is 12.5 Å². The van der Waals surface area contributed by atoms with E-state index in [1.807, 2.05) is 43.3 Å². The van der Waals surface area contributed by atoms with E-state index in [0.29, 0.717) is 5.76 Å². The van der Waals surface area contributed by atoms with E-state index in [2.05, 4.69) is 10.1 Å². The van der Waals surface area contributed by atoms with Crippen LogP contribution in [0.5, 0.6) is 0 Å². The van der Waals surface area contributed by atoms with Crippen molar-refractivity contribution in [1.82, 2.24) is 10.1 Å². The zero-order valence-corrected chi connectivity index (χ0v) is 10.7. The molecule has 96 valence electrons. The Kier molecular flexibility index (Phi) is 3.01. The summed E-state index contributed by atoms with van der Waals surface area (Å²) in [6.45, 7) is 2.02. The molecule has 3 rings (SSSR count). The van der Waals surface area contributed by atoms with Crippen LogP contribution in [0.1, 0.15) is 25.1 Å². The number of nitrogens with two attached hydrogens (primary N) is 1. The molecule has 1 aromatic carbocycles. The van der Waals surface area contributed by atoms with E-state index in [1.54, 1.807) is 6.20 Å². The smallest absolute Gasteiger partial charge is 0.154 e. The van der Waals surface area contributed by atoms with Gasteiger partial charge in [0, 0.05) is 23.2 Å². The molecule has 0 aliphatic heterocycles. The van der Waals surface area contributed by atoms with Gasteiger partial charge in [-0.15, -0.1) is 0 Å². The molecule has 0 amide bonds. The van der Waals surface area contributed by atoms with Gasteiger partial charge in [-0.25, -0.2) is 0 Å². The lowest BCUT2D eigenvalue weighted by Crippen LogP contribution is -2.06. The van der Waals surface area contributed by atoms with Gasteiger partial charge in [0.05, 0.1) is 11.6 Å². The Bertz CT molecular complexity index is 700. The molecule has 2 aromatic heterocycles. The van der Waals surface area contributed by atoms with Crippen LogP contribution in [0.3, 0.4) is 0 Å². The van der Waals surface area contributed by atoms with Crippen molar-refractivity contribution in [2.75, 3.05) is 0 Å². The summed E-state index contributed by atoms with van der Waals surface area (Å²) >= 11 is 0. The van der Waals surface area contributed by atoms with E-state index in [0.717, 1.165) is 28.6 Å². The molecule has 2 N–H and O–H groups in total. The van der Waals surface area contributed by atoms with E-state index >= 15 is 0 Å². The fraction of sp³-hybridized carbons (Fsp3) is 0.200. The van der Waals surface area contributed by atoms with Crippen molar-refractivity contribution in [2.24, 2.45) is 5.73 Å². The molecule has 1 unspecified atom stereocenters. The number of pyridine rings is 1. The minimum absolute atomic E-state index is 0.107. The zero-order valence-electron chi connectivity index (χ0n) is 10.7. The number of aromatic nitrogens is 2. The first kappa shape index (κ1) is 11.9. The fourth-order valence-corrected chi connectivity index (χ4v) is 2.10. The van der Waals surface area contributed by atoms with Crippen LogP contribution >= 0.6 is 0 Å². The van der Waals surface area contributed by atoms with Crippen LogP contribution in [0.25, 0.3) is 22.2 Å². The minimum Gasteiger partial charge on any atom is -0.359 e. The second-order valence-corrected chi connectivity index (χ2v) is 4.51. The molecule has 0 aliphatic carbocycles. The summed E-state index contributed by atoms with van der Waals surface area (Å²) in [6.07, 6.45) is 2.60. The van der Waals surface area contributed by atoms with Crippen LogP contribution in [-0.2, 0) is 0 Å². The SMILES string of the molecule is CCC(N)c1cc(-c2cccc3cccnc23)no1. The molecule has 19 heavy (non-hydrogen) atoms. The molecule has 0 aliphatic rings. The van der Waals surface area contributed by atoms with Crippen molar-refractivity contribution >= 4 is 10.9 Å². The van der Waals surface area contributed by atoms with Crippen molar-refractivity contribution in [3.63, 3.8) is 0 Å². The number of benzene rings is 1. The van der Waals surface area contributed by atoms with Crippen molar-refractivity contribution in [3.05, 3.63) is 48.4 Å². The summed E-state index contributed by atoms with van der Waals surface area (Å²) in [5.41, 5.74) is 8.62. The molecule has 1 atom stereocenters. The first-order chi connectivity index (χ1) is 9.29. The average Bonchev–Trinajstić information content (AvgIpc) is 2.95. The fourth-order valence-electron chi connectivity index (χ4n) is 2.10. The molecule has 0 saturated heterocycles. The third-order valence-electron chi connectivity index (χ3n) is 3.24. The summed E-state index contributed by atoms with van der Waals surface area (Å²) in [7, 11) is 0. The standard InChI is InChI=1S/C15H15N3O/c1-2-12(16)14-9-13(18-19-14)11-7-3-5-10-6-4-8-17-15(10)11/h3-9,12H,2,16H2,1H3. The molecule has 0 bridgehead atoms. The molecule has 4 nitrogen and oxygen atoms in total. The van der Waals surface area contributed by atoms with E-state index in [1.165, 1.54) is 0 Å². The number of hydrogen-bond donors (Lipinski definition) is 1. The van der Waals surface area contributed by atoms with E-state index in [9.17, 15) is 0 Å². The predicted octanol–water partition coefficient (Wildman–Crippen LogP) is 3.30. The molecular weight excluding hydrogens is 238 g/mol. The third kappa shape index (κ3) is 2.11. The van der Waals surface area contributed by atoms with Crippen molar-refractivity contribution in [2.45, 2.75) is 19.4 Å². The number of fused-ring (bicyclic) bond motifs is 1. The molecule has 0 radical (unpaired) electrons. The van der Waals surface area contributed by atoms with Crippen LogP contribution in [0.15, 0.2) is 47.1 Å². The van der Waals surface area contributed by atoms with Crippen molar-refractivity contribution < 1.29 is 4.52 Å². The van der Waals surface area contributed by atoms with Gasteiger partial charge >= 0.3 is 0 Å². The normalized spacial score (nSPS) is 12.7. The summed E-state index contributed by atoms with van der Waals surface area (Å²) < 4.78 is 5.32. The summed E-state index contributed by atoms with van der Waals surface area (Å²) in [4.78, 5) is 4.42. The maximum Gasteiger partial charge on any atom is 0.154 e. The lowest BCUT2D eigenvalue weighted by molar-refractivity contribution is 0.360. The van der Waals surface area contributed by atoms with Gasteiger partial charge in [0.2, 0.25) is 0 Å². The molecule has 3 aromatic rings. The quantitative estimate of drug-likeness (QED) is 0.777. The third-order valence-corrected chi connectivity index (χ3v) is 3.24. The second kappa shape index (κ2) is 4.82. The number of rotatable bonds is 3. The highest BCUT2D eigenvalue weighted by atomic mass is 16.5. The van der Waals surface area contributed by atoms with Crippen molar-refractivity contribution in [3.8, 4) is 11.3 Å². The second-order valence-electron chi connectivity index (χ2n) is 4.51. The zero-order chi connectivity index (χ0) is 13.2. The van der Waals surface area contributed by atoms with Gasteiger partial charge < -0.3 is 10.3 Å². The Morgan fingerprint density at radius 3 is 2.95 bits per heavy atom. The summed E-state index contributed by atoms with van der Waals surface area (Å²) in [5, 5.41) is 5.20. The van der Waals surface area contributed by atoms with Crippen LogP contribution in [0, 0.1) is 0 Å². The molecule has 0 spiro atoms. The van der Waals surface area contributed by atoms with Gasteiger partial charge in [0.15, 0.2) is 5.76 Å². The van der Waals surface area contributed by atoms with Crippen molar-refractivity contribution in [1.29, 1.82) is 0 Å². The van der Waals surface area contributed by atoms with Gasteiger partial charge in [-0.1, -0.05) is 36.3 Å². The first-order valence-corrected chi connectivity index (χ1v) is 6.36. The van der Waals surface area contributed by atoms with E-state index in [-0.39, 0.29) is 6.04 Å². The highest BCUT2D eigenvalue weighted by molar-refractivity contribution is 5.92. The molecule has 4 heteroatoms. The maximum atomic E-state index is 5.95. The number of nitrogens with zero attached hydrogens (tertiary/aromatic N) is 2. The predicted molar refractivity (Wildman–Crippen MR) is 74.5 cm³/mol. The molecule has 0 saturated carbocycles. The Morgan fingerprint density at radius 1 is 1.26 bits per heavy atom. The van der Waals surface area contributed by atoms with Gasteiger partial charge in [-0.2, -0.15) is 0 Å². The summed E-state index contributed by atoms with van der Waals surface area (Å²) in [6, 6.07) is 11.8. The molecule has 0 fully saturated rings. The average molecular weight is 253 g/mol. The van der Waals surface area contributed by atoms with Crippen LogP contribution in [0.2, 0.25) is 0 Å². The van der Waals surface area contributed by atoms with Crippen LogP contribution in [-0.4, -0.2) is 10.1 Å². The number of hydrogen-bond acceptors (Lipinski definition) is 4. The summed E-state index contributed by atoms with van der Waals surface area (Å²) in [5.74, 6) is 0.713. The minimum atomic E-state index is -0.107. The molecule has 2 heterocycles. The monoisotopic (exact) mass is 253 g/mol. The molecular formula is C15H15N3O. The lowest BCUT2D eigenvalue weighted by atomic mass is 10.1. The van der Waals surface area contributed by atoms with Crippen LogP contribution < -0.4 is 5.73 Å². The Morgan fingerprint density at radius 2 is 2.11 bits per heavy atom. The maximum absolute atomic E-state index is 5.95. The Labute approximate surface area is 111 Å². The largest absolute Gasteiger partial charge is 0.359 e. The van der Waals surface area contributed by atoms with Crippen LogP contribution in [0.4, 0.5) is 0 Å². The van der Waals surface area contributed by atoms with E-state index < -0.39 is 0 Å². The van der Waals surface area contributed by atoms with E-state index in [4.69, 9.17) is 10.3 Å². The van der Waals surface area contributed by atoms with Gasteiger partial charge in [-0.3, -0.25) is 4.98 Å². The number of para-hydroxylation sites is 1. The highest BCUT2D eigenvalue weighted by Crippen LogP contribution is 2.28.